The fourth-order valence-corrected chi connectivity index (χ4v) is 3.49. The van der Waals surface area contributed by atoms with Crippen molar-refractivity contribution < 1.29 is 22.8 Å². The fourth-order valence-electron chi connectivity index (χ4n) is 3.32. The van der Waals surface area contributed by atoms with Crippen LogP contribution < -0.4 is 10.6 Å². The van der Waals surface area contributed by atoms with Crippen molar-refractivity contribution in [1.82, 2.24) is 15.1 Å². The van der Waals surface area contributed by atoms with Crippen LogP contribution in [-0.4, -0.2) is 34.3 Å². The first kappa shape index (κ1) is 24.3. The van der Waals surface area contributed by atoms with E-state index in [1.165, 1.54) is 18.2 Å². The number of hydrogen-bond donors (Lipinski definition) is 2. The molecule has 2 amide bonds. The molecule has 0 fully saturated rings. The maximum absolute atomic E-state index is 12.7. The molecule has 0 aliphatic heterocycles. The molecule has 33 heavy (non-hydrogen) atoms. The van der Waals surface area contributed by atoms with Gasteiger partial charge in [-0.2, -0.15) is 18.3 Å². The predicted molar refractivity (Wildman–Crippen MR) is 120 cm³/mol. The van der Waals surface area contributed by atoms with Crippen molar-refractivity contribution in [3.05, 3.63) is 75.6 Å². The molecule has 6 nitrogen and oxygen atoms in total. The van der Waals surface area contributed by atoms with Crippen LogP contribution in [0.3, 0.4) is 0 Å². The van der Waals surface area contributed by atoms with Gasteiger partial charge in [-0.25, -0.2) is 4.68 Å². The monoisotopic (exact) mass is 478 g/mol. The van der Waals surface area contributed by atoms with Crippen LogP contribution in [0.5, 0.6) is 0 Å². The topological polar surface area (TPSA) is 76.0 Å². The zero-order chi connectivity index (χ0) is 24.3. The molecule has 0 bridgehead atoms. The first-order valence-electron chi connectivity index (χ1n) is 10.0. The van der Waals surface area contributed by atoms with Crippen molar-refractivity contribution in [2.45, 2.75) is 33.4 Å². The summed E-state index contributed by atoms with van der Waals surface area (Å²) in [6.45, 7) is 4.04. The smallest absolute Gasteiger partial charge is 0.343 e. The molecule has 10 heteroatoms. The lowest BCUT2D eigenvalue weighted by molar-refractivity contribution is -0.123. The molecule has 3 aromatic rings. The molecule has 174 valence electrons. The third kappa shape index (κ3) is 5.92. The molecule has 3 rings (SSSR count). The SMILES string of the molecule is Cc1ccc(-n2nc(C)c(CC(=O)Nc3ccccc3C(=O)NCC(F)(F)F)c2C)cc1Cl. The Kier molecular flexibility index (Phi) is 7.12. The molecule has 0 saturated heterocycles. The molecule has 0 radical (unpaired) electrons. The third-order valence-electron chi connectivity index (χ3n) is 5.07. The summed E-state index contributed by atoms with van der Waals surface area (Å²) in [6.07, 6.45) is -4.57. The second kappa shape index (κ2) is 9.66. The molecule has 0 aliphatic rings. The Labute approximate surface area is 193 Å². The molecule has 0 spiro atoms. The molecule has 0 aliphatic carbocycles. The van der Waals surface area contributed by atoms with E-state index in [4.69, 9.17) is 11.6 Å². The lowest BCUT2D eigenvalue weighted by atomic mass is 10.1. The number of hydrogen-bond acceptors (Lipinski definition) is 3. The van der Waals surface area contributed by atoms with E-state index >= 15 is 0 Å². The second-order valence-corrected chi connectivity index (χ2v) is 7.97. The van der Waals surface area contributed by atoms with Crippen LogP contribution in [0.25, 0.3) is 5.69 Å². The Balaban J connectivity index is 1.78. The maximum Gasteiger partial charge on any atom is 0.405 e. The zero-order valence-electron chi connectivity index (χ0n) is 18.2. The standard InChI is InChI=1S/C23H22ClF3N4O2/c1-13-8-9-16(10-19(13)24)31-15(3)18(14(2)30-31)11-21(32)29-20-7-5-4-6-17(20)22(33)28-12-23(25,26)27/h4-10H,11-12H2,1-3H3,(H,28,33)(H,29,32). The minimum absolute atomic E-state index is 0.0320. The number of aromatic nitrogens is 2. The van der Waals surface area contributed by atoms with Gasteiger partial charge in [-0.3, -0.25) is 9.59 Å². The van der Waals surface area contributed by atoms with Crippen molar-refractivity contribution in [1.29, 1.82) is 0 Å². The number of carbonyl (C=O) groups excluding carboxylic acids is 2. The normalized spacial score (nSPS) is 11.4. The highest BCUT2D eigenvalue weighted by Crippen LogP contribution is 2.24. The molecule has 1 heterocycles. The third-order valence-corrected chi connectivity index (χ3v) is 5.48. The predicted octanol–water partition coefficient (Wildman–Crippen LogP) is 4.92. The minimum atomic E-state index is -4.54. The van der Waals surface area contributed by atoms with Gasteiger partial charge in [0.05, 0.1) is 29.1 Å². The van der Waals surface area contributed by atoms with Crippen molar-refractivity contribution in [3.63, 3.8) is 0 Å². The number of rotatable bonds is 6. The molecule has 2 N–H and O–H groups in total. The Morgan fingerprint density at radius 1 is 1.09 bits per heavy atom. The zero-order valence-corrected chi connectivity index (χ0v) is 18.9. The van der Waals surface area contributed by atoms with E-state index in [1.807, 2.05) is 31.3 Å². The summed E-state index contributed by atoms with van der Waals surface area (Å²) in [5.74, 6) is -1.36. The van der Waals surface area contributed by atoms with Crippen LogP contribution in [0.15, 0.2) is 42.5 Å². The summed E-state index contributed by atoms with van der Waals surface area (Å²) in [4.78, 5) is 24.9. The molecule has 2 aromatic carbocycles. The van der Waals surface area contributed by atoms with Crippen LogP contribution in [-0.2, 0) is 11.2 Å². The summed E-state index contributed by atoms with van der Waals surface area (Å²) >= 11 is 6.22. The van der Waals surface area contributed by atoms with Gasteiger partial charge in [0.15, 0.2) is 0 Å². The maximum atomic E-state index is 12.7. The number of amides is 2. The summed E-state index contributed by atoms with van der Waals surface area (Å²) in [6, 6.07) is 11.4. The van der Waals surface area contributed by atoms with Gasteiger partial charge >= 0.3 is 6.18 Å². The second-order valence-electron chi connectivity index (χ2n) is 7.56. The van der Waals surface area contributed by atoms with Crippen LogP contribution in [0.2, 0.25) is 5.02 Å². The van der Waals surface area contributed by atoms with E-state index in [9.17, 15) is 22.8 Å². The summed E-state index contributed by atoms with van der Waals surface area (Å²) in [5, 5.41) is 9.54. The molecule has 1 aromatic heterocycles. The van der Waals surface area contributed by atoms with E-state index < -0.39 is 24.5 Å². The van der Waals surface area contributed by atoms with Crippen LogP contribution >= 0.6 is 11.6 Å². The molecule has 0 saturated carbocycles. The number of para-hydroxylation sites is 1. The average Bonchev–Trinajstić information content (AvgIpc) is 3.02. The van der Waals surface area contributed by atoms with Gasteiger partial charge in [-0.05, 0) is 50.6 Å². The van der Waals surface area contributed by atoms with Gasteiger partial charge in [0.2, 0.25) is 5.91 Å². The number of anilines is 1. The van der Waals surface area contributed by atoms with Gasteiger partial charge in [0.1, 0.15) is 6.54 Å². The summed E-state index contributed by atoms with van der Waals surface area (Å²) < 4.78 is 39.0. The lowest BCUT2D eigenvalue weighted by Crippen LogP contribution is -2.34. The highest BCUT2D eigenvalue weighted by molar-refractivity contribution is 6.31. The quantitative estimate of drug-likeness (QED) is 0.527. The highest BCUT2D eigenvalue weighted by Gasteiger charge is 2.28. The van der Waals surface area contributed by atoms with E-state index in [0.29, 0.717) is 16.3 Å². The van der Waals surface area contributed by atoms with Crippen molar-refractivity contribution in [2.24, 2.45) is 0 Å². The molecular weight excluding hydrogens is 457 g/mol. The molecule has 0 unspecified atom stereocenters. The Hall–Kier alpha value is -3.33. The van der Waals surface area contributed by atoms with Gasteiger partial charge in [-0.1, -0.05) is 29.8 Å². The Bertz CT molecular complexity index is 1200. The largest absolute Gasteiger partial charge is 0.405 e. The van der Waals surface area contributed by atoms with Crippen molar-refractivity contribution in [3.8, 4) is 5.69 Å². The fraction of sp³-hybridized carbons (Fsp3) is 0.261. The highest BCUT2D eigenvalue weighted by atomic mass is 35.5. The number of nitrogens with zero attached hydrogens (tertiary/aromatic N) is 2. The van der Waals surface area contributed by atoms with Crippen LogP contribution in [0.4, 0.5) is 18.9 Å². The number of benzene rings is 2. The number of alkyl halides is 3. The molecule has 0 atom stereocenters. The number of carbonyl (C=O) groups is 2. The minimum Gasteiger partial charge on any atom is -0.343 e. The van der Waals surface area contributed by atoms with Crippen LogP contribution in [0, 0.1) is 20.8 Å². The van der Waals surface area contributed by atoms with Gasteiger partial charge < -0.3 is 10.6 Å². The van der Waals surface area contributed by atoms with Crippen molar-refractivity contribution >= 4 is 29.1 Å². The van der Waals surface area contributed by atoms with Gasteiger partial charge in [0.25, 0.3) is 5.91 Å². The van der Waals surface area contributed by atoms with Crippen molar-refractivity contribution in [2.75, 3.05) is 11.9 Å². The first-order chi connectivity index (χ1) is 15.5. The average molecular weight is 479 g/mol. The van der Waals surface area contributed by atoms with E-state index in [-0.39, 0.29) is 17.7 Å². The van der Waals surface area contributed by atoms with Gasteiger partial charge in [-0.15, -0.1) is 0 Å². The van der Waals surface area contributed by atoms with E-state index in [0.717, 1.165) is 16.9 Å². The number of aryl methyl sites for hydroxylation is 2. The molecular formula is C23H22ClF3N4O2. The number of nitrogens with one attached hydrogen (secondary N) is 2. The Morgan fingerprint density at radius 3 is 2.45 bits per heavy atom. The van der Waals surface area contributed by atoms with E-state index in [2.05, 4.69) is 10.4 Å². The van der Waals surface area contributed by atoms with Crippen LogP contribution in [0.1, 0.15) is 32.9 Å². The Morgan fingerprint density at radius 2 is 1.79 bits per heavy atom. The lowest BCUT2D eigenvalue weighted by Gasteiger charge is -2.13. The number of halogens is 4. The first-order valence-corrected chi connectivity index (χ1v) is 10.4. The summed E-state index contributed by atoms with van der Waals surface area (Å²) in [7, 11) is 0. The van der Waals surface area contributed by atoms with E-state index in [1.54, 1.807) is 23.7 Å². The summed E-state index contributed by atoms with van der Waals surface area (Å²) in [5.41, 5.74) is 3.84. The van der Waals surface area contributed by atoms with Gasteiger partial charge in [0, 0.05) is 16.3 Å².